The summed E-state index contributed by atoms with van der Waals surface area (Å²) in [5.74, 6) is 0.757. The lowest BCUT2D eigenvalue weighted by Crippen LogP contribution is -2.32. The molecule has 0 spiro atoms. The average molecular weight is 261 g/mol. The van der Waals surface area contributed by atoms with Crippen molar-refractivity contribution in [3.05, 3.63) is 24.3 Å². The van der Waals surface area contributed by atoms with Crippen LogP contribution in [0.3, 0.4) is 0 Å². The molecule has 1 aromatic heterocycles. The Morgan fingerprint density at radius 3 is 2.53 bits per heavy atom. The van der Waals surface area contributed by atoms with E-state index in [1.165, 1.54) is 12.7 Å². The van der Waals surface area contributed by atoms with Crippen molar-refractivity contribution < 1.29 is 4.79 Å². The maximum absolute atomic E-state index is 12.4. The lowest BCUT2D eigenvalue weighted by atomic mass is 9.77. The van der Waals surface area contributed by atoms with Crippen molar-refractivity contribution in [2.45, 2.75) is 40.0 Å². The first-order chi connectivity index (χ1) is 8.98. The second-order valence-corrected chi connectivity index (χ2v) is 6.41. The zero-order valence-electron chi connectivity index (χ0n) is 12.1. The quantitative estimate of drug-likeness (QED) is 0.781. The molecule has 0 unspecified atom stereocenters. The monoisotopic (exact) mass is 261 g/mol. The van der Waals surface area contributed by atoms with Gasteiger partial charge in [0.05, 0.1) is 5.56 Å². The Kier molecular flexibility index (Phi) is 4.17. The normalized spacial score (nSPS) is 21.0. The minimum Gasteiger partial charge on any atom is -0.339 e. The van der Waals surface area contributed by atoms with Crippen molar-refractivity contribution >= 4 is 5.91 Å². The van der Waals surface area contributed by atoms with Gasteiger partial charge in [-0.15, -0.1) is 0 Å². The highest BCUT2D eigenvalue weighted by molar-refractivity contribution is 5.93. The molecule has 2 heterocycles. The lowest BCUT2D eigenvalue weighted by Gasteiger charge is -2.29. The Balaban J connectivity index is 2.02. The van der Waals surface area contributed by atoms with Gasteiger partial charge in [-0.2, -0.15) is 0 Å². The molecule has 4 heteroatoms. The average Bonchev–Trinajstić information content (AvgIpc) is 2.64. The van der Waals surface area contributed by atoms with Crippen LogP contribution in [0.25, 0.3) is 0 Å². The van der Waals surface area contributed by atoms with Crippen molar-refractivity contribution in [1.82, 2.24) is 14.9 Å². The predicted octanol–water partition coefficient (Wildman–Crippen LogP) is 2.77. The number of amides is 1. The minimum absolute atomic E-state index is 0.0650. The molecule has 0 aliphatic carbocycles. The van der Waals surface area contributed by atoms with Gasteiger partial charge in [-0.05, 0) is 30.6 Å². The third kappa shape index (κ3) is 3.52. The molecule has 1 fully saturated rings. The van der Waals surface area contributed by atoms with Crippen LogP contribution in [0.15, 0.2) is 18.7 Å². The van der Waals surface area contributed by atoms with Crippen LogP contribution in [0, 0.1) is 11.3 Å². The van der Waals surface area contributed by atoms with Gasteiger partial charge in [0, 0.05) is 25.5 Å². The molecule has 0 saturated carbocycles. The third-order valence-electron chi connectivity index (χ3n) is 4.05. The van der Waals surface area contributed by atoms with Gasteiger partial charge < -0.3 is 4.90 Å². The first-order valence-electron chi connectivity index (χ1n) is 7.03. The highest BCUT2D eigenvalue weighted by Crippen LogP contribution is 2.34. The maximum Gasteiger partial charge on any atom is 0.256 e. The highest BCUT2D eigenvalue weighted by atomic mass is 16.2. The molecule has 19 heavy (non-hydrogen) atoms. The van der Waals surface area contributed by atoms with Crippen LogP contribution in [-0.2, 0) is 0 Å². The van der Waals surface area contributed by atoms with Crippen LogP contribution in [0.4, 0.5) is 0 Å². The summed E-state index contributed by atoms with van der Waals surface area (Å²) in [6.07, 6.45) is 8.03. The van der Waals surface area contributed by atoms with E-state index in [9.17, 15) is 4.79 Å². The van der Waals surface area contributed by atoms with Gasteiger partial charge in [0.1, 0.15) is 6.33 Å². The standard InChI is InChI=1S/C15H23N3O/c1-15(2,3)13-5-4-7-18(8-6-13)14(19)12-9-16-11-17-10-12/h9-11,13H,4-8H2,1-3H3/t13-/m0/s1. The molecule has 2 rings (SSSR count). The van der Waals surface area contributed by atoms with Crippen molar-refractivity contribution in [2.24, 2.45) is 11.3 Å². The zero-order valence-corrected chi connectivity index (χ0v) is 12.1. The molecule has 104 valence electrons. The van der Waals surface area contributed by atoms with E-state index in [-0.39, 0.29) is 5.91 Å². The summed E-state index contributed by atoms with van der Waals surface area (Å²) in [5, 5.41) is 0. The summed E-state index contributed by atoms with van der Waals surface area (Å²) in [4.78, 5) is 22.1. The molecule has 0 radical (unpaired) electrons. The first kappa shape index (κ1) is 14.0. The van der Waals surface area contributed by atoms with Crippen LogP contribution < -0.4 is 0 Å². The van der Waals surface area contributed by atoms with Gasteiger partial charge in [-0.1, -0.05) is 20.8 Å². The van der Waals surface area contributed by atoms with Gasteiger partial charge >= 0.3 is 0 Å². The summed E-state index contributed by atoms with van der Waals surface area (Å²) in [7, 11) is 0. The van der Waals surface area contributed by atoms with E-state index < -0.39 is 0 Å². The summed E-state index contributed by atoms with van der Waals surface area (Å²) in [6.45, 7) is 8.57. The van der Waals surface area contributed by atoms with Crippen molar-refractivity contribution in [3.63, 3.8) is 0 Å². The second-order valence-electron chi connectivity index (χ2n) is 6.41. The number of carbonyl (C=O) groups is 1. The van der Waals surface area contributed by atoms with Crippen molar-refractivity contribution in [1.29, 1.82) is 0 Å². The van der Waals surface area contributed by atoms with E-state index in [2.05, 4.69) is 30.7 Å². The van der Waals surface area contributed by atoms with E-state index in [0.717, 1.165) is 25.9 Å². The van der Waals surface area contributed by atoms with Crippen LogP contribution in [0.2, 0.25) is 0 Å². The van der Waals surface area contributed by atoms with Crippen molar-refractivity contribution in [3.8, 4) is 0 Å². The van der Waals surface area contributed by atoms with Gasteiger partial charge in [-0.25, -0.2) is 9.97 Å². The number of hydrogen-bond acceptors (Lipinski definition) is 3. The SMILES string of the molecule is CC(C)(C)[C@H]1CCCN(C(=O)c2cncnc2)CC1. The fourth-order valence-electron chi connectivity index (χ4n) is 2.76. The van der Waals surface area contributed by atoms with Gasteiger partial charge in [0.15, 0.2) is 0 Å². The number of rotatable bonds is 1. The summed E-state index contributed by atoms with van der Waals surface area (Å²) in [6, 6.07) is 0. The molecule has 1 atom stereocenters. The van der Waals surface area contributed by atoms with Gasteiger partial charge in [0.25, 0.3) is 5.91 Å². The van der Waals surface area contributed by atoms with Gasteiger partial charge in [-0.3, -0.25) is 4.79 Å². The minimum atomic E-state index is 0.0650. The fourth-order valence-corrected chi connectivity index (χ4v) is 2.76. The molecular weight excluding hydrogens is 238 g/mol. The van der Waals surface area contributed by atoms with E-state index >= 15 is 0 Å². The smallest absolute Gasteiger partial charge is 0.256 e. The Morgan fingerprint density at radius 1 is 1.21 bits per heavy atom. The summed E-state index contributed by atoms with van der Waals surface area (Å²) < 4.78 is 0. The fraction of sp³-hybridized carbons (Fsp3) is 0.667. The van der Waals surface area contributed by atoms with E-state index in [1.54, 1.807) is 12.4 Å². The van der Waals surface area contributed by atoms with E-state index in [4.69, 9.17) is 0 Å². The molecule has 4 nitrogen and oxygen atoms in total. The Morgan fingerprint density at radius 2 is 1.89 bits per heavy atom. The Hall–Kier alpha value is -1.45. The number of nitrogens with zero attached hydrogens (tertiary/aromatic N) is 3. The number of aromatic nitrogens is 2. The summed E-state index contributed by atoms with van der Waals surface area (Å²) >= 11 is 0. The molecule has 0 N–H and O–H groups in total. The van der Waals surface area contributed by atoms with Crippen LogP contribution in [-0.4, -0.2) is 33.9 Å². The topological polar surface area (TPSA) is 46.1 Å². The molecular formula is C15H23N3O. The summed E-state index contributed by atoms with van der Waals surface area (Å²) in [5.41, 5.74) is 0.922. The van der Waals surface area contributed by atoms with Gasteiger partial charge in [0.2, 0.25) is 0 Å². The van der Waals surface area contributed by atoms with Crippen LogP contribution in [0.1, 0.15) is 50.4 Å². The third-order valence-corrected chi connectivity index (χ3v) is 4.05. The van der Waals surface area contributed by atoms with E-state index in [0.29, 0.717) is 16.9 Å². The molecule has 1 aliphatic heterocycles. The lowest BCUT2D eigenvalue weighted by molar-refractivity contribution is 0.0754. The maximum atomic E-state index is 12.4. The molecule has 1 aliphatic rings. The Labute approximate surface area is 115 Å². The number of likely N-dealkylation sites (tertiary alicyclic amines) is 1. The van der Waals surface area contributed by atoms with Crippen LogP contribution in [0.5, 0.6) is 0 Å². The predicted molar refractivity (Wildman–Crippen MR) is 74.7 cm³/mol. The largest absolute Gasteiger partial charge is 0.339 e. The zero-order chi connectivity index (χ0) is 13.9. The number of hydrogen-bond donors (Lipinski definition) is 0. The second kappa shape index (κ2) is 5.68. The molecule has 1 saturated heterocycles. The number of carbonyl (C=O) groups excluding carboxylic acids is 1. The van der Waals surface area contributed by atoms with Crippen LogP contribution >= 0.6 is 0 Å². The molecule has 0 aromatic carbocycles. The molecule has 0 bridgehead atoms. The van der Waals surface area contributed by atoms with Crippen molar-refractivity contribution in [2.75, 3.05) is 13.1 Å². The highest BCUT2D eigenvalue weighted by Gasteiger charge is 2.28. The Bertz CT molecular complexity index is 425. The molecule has 1 amide bonds. The molecule has 1 aromatic rings. The first-order valence-corrected chi connectivity index (χ1v) is 7.03. The van der Waals surface area contributed by atoms with E-state index in [1.807, 2.05) is 4.90 Å².